The van der Waals surface area contributed by atoms with Crippen molar-refractivity contribution in [2.75, 3.05) is 10.6 Å². The van der Waals surface area contributed by atoms with Crippen molar-refractivity contribution in [3.05, 3.63) is 77.4 Å². The largest absolute Gasteiger partial charge is 0.324 e. The Morgan fingerprint density at radius 3 is 2.33 bits per heavy atom. The first-order valence-corrected chi connectivity index (χ1v) is 8.69. The van der Waals surface area contributed by atoms with Gasteiger partial charge in [-0.3, -0.25) is 4.79 Å². The number of hydrogen-bond donors (Lipinski definition) is 2. The fraction of sp³-hybridized carbons (Fsp3) is 0.190. The van der Waals surface area contributed by atoms with E-state index in [-0.39, 0.29) is 11.7 Å². The predicted molar refractivity (Wildman–Crippen MR) is 105 cm³/mol. The number of amides is 1. The molecule has 3 aromatic rings. The minimum absolute atomic E-state index is 0.264. The fourth-order valence-electron chi connectivity index (χ4n) is 2.70. The zero-order chi connectivity index (χ0) is 19.4. The number of carbonyl (C=O) groups excluding carboxylic acids is 1. The molecule has 2 N–H and O–H groups in total. The minimum atomic E-state index is -0.314. The van der Waals surface area contributed by atoms with Crippen LogP contribution >= 0.6 is 0 Å². The topological polar surface area (TPSA) is 66.9 Å². The molecule has 27 heavy (non-hydrogen) atoms. The first-order chi connectivity index (χ1) is 12.9. The number of rotatable bonds is 5. The quantitative estimate of drug-likeness (QED) is 0.665. The average molecular weight is 364 g/mol. The van der Waals surface area contributed by atoms with Crippen LogP contribution in [0.3, 0.4) is 0 Å². The lowest BCUT2D eigenvalue weighted by Crippen LogP contribution is -2.15. The molecular formula is C21H21FN4O. The van der Waals surface area contributed by atoms with Gasteiger partial charge in [0.05, 0.1) is 5.56 Å². The first-order valence-electron chi connectivity index (χ1n) is 8.69. The van der Waals surface area contributed by atoms with Crippen LogP contribution in [-0.4, -0.2) is 15.9 Å². The summed E-state index contributed by atoms with van der Waals surface area (Å²) in [5.41, 5.74) is 3.93. The van der Waals surface area contributed by atoms with E-state index in [0.717, 1.165) is 16.8 Å². The van der Waals surface area contributed by atoms with Gasteiger partial charge in [0.15, 0.2) is 0 Å². The number of aromatic nitrogens is 2. The van der Waals surface area contributed by atoms with Crippen molar-refractivity contribution in [3.63, 3.8) is 0 Å². The summed E-state index contributed by atoms with van der Waals surface area (Å²) >= 11 is 0. The van der Waals surface area contributed by atoms with Crippen LogP contribution in [0.25, 0.3) is 0 Å². The van der Waals surface area contributed by atoms with Crippen molar-refractivity contribution >= 4 is 23.2 Å². The highest BCUT2D eigenvalue weighted by molar-refractivity contribution is 6.04. The molecule has 2 aromatic carbocycles. The van der Waals surface area contributed by atoms with Crippen molar-refractivity contribution < 1.29 is 9.18 Å². The molecule has 0 aliphatic rings. The number of para-hydroxylation sites is 1. The summed E-state index contributed by atoms with van der Waals surface area (Å²) in [6.45, 7) is 6.14. The summed E-state index contributed by atoms with van der Waals surface area (Å²) in [6.07, 6.45) is 2.92. The van der Waals surface area contributed by atoms with E-state index < -0.39 is 0 Å². The van der Waals surface area contributed by atoms with Gasteiger partial charge in [-0.2, -0.15) is 0 Å². The van der Waals surface area contributed by atoms with Gasteiger partial charge < -0.3 is 10.6 Å². The summed E-state index contributed by atoms with van der Waals surface area (Å²) in [7, 11) is 0. The normalized spacial score (nSPS) is 10.7. The minimum Gasteiger partial charge on any atom is -0.324 e. The lowest BCUT2D eigenvalue weighted by molar-refractivity contribution is 0.102. The zero-order valence-electron chi connectivity index (χ0n) is 15.5. The van der Waals surface area contributed by atoms with Crippen LogP contribution in [0.2, 0.25) is 0 Å². The van der Waals surface area contributed by atoms with Gasteiger partial charge in [0, 0.05) is 23.8 Å². The zero-order valence-corrected chi connectivity index (χ0v) is 15.5. The fourth-order valence-corrected chi connectivity index (χ4v) is 2.70. The number of aryl methyl sites for hydroxylation is 1. The second-order valence-corrected chi connectivity index (χ2v) is 6.58. The van der Waals surface area contributed by atoms with Crippen LogP contribution in [0.4, 0.5) is 21.7 Å². The summed E-state index contributed by atoms with van der Waals surface area (Å²) < 4.78 is 12.9. The summed E-state index contributed by atoms with van der Waals surface area (Å²) in [5.74, 6) is 0.0423. The monoisotopic (exact) mass is 364 g/mol. The molecule has 1 heterocycles. The molecule has 0 aliphatic carbocycles. The Balaban J connectivity index is 1.74. The lowest BCUT2D eigenvalue weighted by atomic mass is 9.98. The third kappa shape index (κ3) is 4.47. The molecule has 0 atom stereocenters. The number of halogens is 1. The van der Waals surface area contributed by atoms with Crippen LogP contribution in [0, 0.1) is 12.7 Å². The Bertz CT molecular complexity index is 937. The molecule has 0 unspecified atom stereocenters. The van der Waals surface area contributed by atoms with Crippen molar-refractivity contribution in [1.29, 1.82) is 0 Å². The SMILES string of the molecule is Cc1cccc(C(C)C)c1NC(=O)c1cnc(Nc2ccc(F)cc2)nc1. The van der Waals surface area contributed by atoms with E-state index in [1.54, 1.807) is 12.1 Å². The van der Waals surface area contributed by atoms with Crippen molar-refractivity contribution in [2.45, 2.75) is 26.7 Å². The second kappa shape index (κ2) is 7.95. The van der Waals surface area contributed by atoms with Crippen LogP contribution < -0.4 is 10.6 Å². The second-order valence-electron chi connectivity index (χ2n) is 6.58. The number of nitrogens with one attached hydrogen (secondary N) is 2. The molecule has 1 amide bonds. The first kappa shape index (κ1) is 18.5. The smallest absolute Gasteiger partial charge is 0.258 e. The average Bonchev–Trinajstić information content (AvgIpc) is 2.65. The van der Waals surface area contributed by atoms with Gasteiger partial charge in [-0.1, -0.05) is 32.0 Å². The molecule has 0 saturated carbocycles. The summed E-state index contributed by atoms with van der Waals surface area (Å²) in [6, 6.07) is 11.8. The maximum absolute atomic E-state index is 12.9. The predicted octanol–water partition coefficient (Wildman–Crippen LogP) is 5.04. The van der Waals surface area contributed by atoms with Gasteiger partial charge in [0.2, 0.25) is 5.95 Å². The molecule has 0 aliphatic heterocycles. The highest BCUT2D eigenvalue weighted by Gasteiger charge is 2.14. The molecule has 6 heteroatoms. The molecule has 0 radical (unpaired) electrons. The summed E-state index contributed by atoms with van der Waals surface area (Å²) in [5, 5.41) is 5.93. The van der Waals surface area contributed by atoms with E-state index in [2.05, 4.69) is 34.4 Å². The Morgan fingerprint density at radius 1 is 1.04 bits per heavy atom. The van der Waals surface area contributed by atoms with E-state index >= 15 is 0 Å². The summed E-state index contributed by atoms with van der Waals surface area (Å²) in [4.78, 5) is 20.9. The van der Waals surface area contributed by atoms with E-state index in [1.807, 2.05) is 25.1 Å². The van der Waals surface area contributed by atoms with Crippen LogP contribution in [0.5, 0.6) is 0 Å². The Morgan fingerprint density at radius 2 is 1.70 bits per heavy atom. The van der Waals surface area contributed by atoms with Crippen LogP contribution in [-0.2, 0) is 0 Å². The Hall–Kier alpha value is -3.28. The molecular weight excluding hydrogens is 343 g/mol. The van der Waals surface area contributed by atoms with Gasteiger partial charge in [0.25, 0.3) is 5.91 Å². The molecule has 1 aromatic heterocycles. The maximum atomic E-state index is 12.9. The Labute approximate surface area is 157 Å². The third-order valence-corrected chi connectivity index (χ3v) is 4.18. The van der Waals surface area contributed by atoms with E-state index in [1.165, 1.54) is 24.5 Å². The van der Waals surface area contributed by atoms with E-state index in [9.17, 15) is 9.18 Å². The molecule has 3 rings (SSSR count). The van der Waals surface area contributed by atoms with Crippen molar-refractivity contribution in [1.82, 2.24) is 9.97 Å². The van der Waals surface area contributed by atoms with Crippen LogP contribution in [0.15, 0.2) is 54.9 Å². The molecule has 5 nitrogen and oxygen atoms in total. The van der Waals surface area contributed by atoms with Gasteiger partial charge in [-0.25, -0.2) is 14.4 Å². The van der Waals surface area contributed by atoms with Crippen molar-refractivity contribution in [3.8, 4) is 0 Å². The standard InChI is InChI=1S/C21H21FN4O/c1-13(2)18-6-4-5-14(3)19(18)26-20(27)15-11-23-21(24-12-15)25-17-9-7-16(22)8-10-17/h4-13H,1-3H3,(H,26,27)(H,23,24,25). The molecule has 0 bridgehead atoms. The third-order valence-electron chi connectivity index (χ3n) is 4.18. The lowest BCUT2D eigenvalue weighted by Gasteiger charge is -2.16. The van der Waals surface area contributed by atoms with Gasteiger partial charge in [-0.15, -0.1) is 0 Å². The van der Waals surface area contributed by atoms with Crippen molar-refractivity contribution in [2.24, 2.45) is 0 Å². The number of nitrogens with zero attached hydrogens (tertiary/aromatic N) is 2. The number of benzene rings is 2. The highest BCUT2D eigenvalue weighted by Crippen LogP contribution is 2.27. The maximum Gasteiger partial charge on any atom is 0.258 e. The number of carbonyl (C=O) groups is 1. The molecule has 0 saturated heterocycles. The molecule has 0 spiro atoms. The highest BCUT2D eigenvalue weighted by atomic mass is 19.1. The molecule has 138 valence electrons. The van der Waals surface area contributed by atoms with E-state index in [0.29, 0.717) is 23.1 Å². The Kier molecular flexibility index (Phi) is 5.45. The van der Waals surface area contributed by atoms with Crippen LogP contribution in [0.1, 0.15) is 41.3 Å². The van der Waals surface area contributed by atoms with Gasteiger partial charge in [-0.05, 0) is 48.2 Å². The van der Waals surface area contributed by atoms with E-state index in [4.69, 9.17) is 0 Å². The molecule has 0 fully saturated rings. The van der Waals surface area contributed by atoms with Gasteiger partial charge in [0.1, 0.15) is 5.82 Å². The van der Waals surface area contributed by atoms with Gasteiger partial charge >= 0.3 is 0 Å². The number of hydrogen-bond acceptors (Lipinski definition) is 4. The number of anilines is 3.